The fourth-order valence-corrected chi connectivity index (χ4v) is 5.00. The predicted octanol–water partition coefficient (Wildman–Crippen LogP) is 4.05. The van der Waals surface area contributed by atoms with Crippen LogP contribution in [-0.4, -0.2) is 33.5 Å². The first-order valence-corrected chi connectivity index (χ1v) is 9.47. The second-order valence-electron chi connectivity index (χ2n) is 8.12. The van der Waals surface area contributed by atoms with E-state index in [1.807, 2.05) is 23.4 Å². The average molecular weight is 338 g/mol. The molecule has 4 heteroatoms. The molecule has 1 aromatic heterocycles. The van der Waals surface area contributed by atoms with E-state index in [2.05, 4.69) is 23.2 Å². The maximum atomic E-state index is 14.3. The molecule has 2 unspecified atom stereocenters. The van der Waals surface area contributed by atoms with Gasteiger partial charge in [0.2, 0.25) is 0 Å². The number of hydrogen-bond donors (Lipinski definition) is 0. The molecule has 2 bridgehead atoms. The quantitative estimate of drug-likeness (QED) is 0.846. The third-order valence-corrected chi connectivity index (χ3v) is 6.40. The van der Waals surface area contributed by atoms with Gasteiger partial charge < -0.3 is 4.90 Å². The smallest absolute Gasteiger partial charge is 0.260 e. The minimum absolute atomic E-state index is 0.217. The van der Waals surface area contributed by atoms with Gasteiger partial charge in [0.05, 0.1) is 0 Å². The first-order chi connectivity index (χ1) is 12.1. The standard InChI is InChI=1S/C21H23FN2O/c22-21(7-8-21)20(25)24-17-5-6-18(24)11-14(10-17)9-16-13-23-12-15-3-1-2-4-19(15)16/h1-4,12-14,17-18H,5-11H2. The Morgan fingerprint density at radius 1 is 1.16 bits per heavy atom. The van der Waals surface area contributed by atoms with Gasteiger partial charge in [-0.3, -0.25) is 9.78 Å². The number of halogens is 1. The minimum atomic E-state index is -1.52. The number of aromatic nitrogens is 1. The number of amides is 1. The van der Waals surface area contributed by atoms with Crippen LogP contribution in [0.1, 0.15) is 44.1 Å². The highest BCUT2D eigenvalue weighted by Gasteiger charge is 2.57. The second kappa shape index (κ2) is 5.52. The molecule has 1 aliphatic carbocycles. The van der Waals surface area contributed by atoms with Gasteiger partial charge in [0.1, 0.15) is 0 Å². The summed E-state index contributed by atoms with van der Waals surface area (Å²) in [5.41, 5.74) is -0.223. The summed E-state index contributed by atoms with van der Waals surface area (Å²) in [5.74, 6) is 0.342. The number of nitrogens with zero attached hydrogens (tertiary/aromatic N) is 2. The summed E-state index contributed by atoms with van der Waals surface area (Å²) in [7, 11) is 0. The lowest BCUT2D eigenvalue weighted by molar-refractivity contribution is -0.143. The molecule has 2 aromatic rings. The van der Waals surface area contributed by atoms with Gasteiger partial charge in [-0.05, 0) is 61.8 Å². The fourth-order valence-electron chi connectivity index (χ4n) is 5.00. The Morgan fingerprint density at radius 2 is 1.88 bits per heavy atom. The zero-order valence-electron chi connectivity index (χ0n) is 14.3. The van der Waals surface area contributed by atoms with E-state index >= 15 is 0 Å². The van der Waals surface area contributed by atoms with E-state index in [0.29, 0.717) is 18.8 Å². The molecule has 25 heavy (non-hydrogen) atoms. The lowest BCUT2D eigenvalue weighted by atomic mass is 9.85. The Labute approximate surface area is 147 Å². The van der Waals surface area contributed by atoms with Gasteiger partial charge in [0.25, 0.3) is 5.91 Å². The van der Waals surface area contributed by atoms with E-state index in [-0.39, 0.29) is 18.0 Å². The highest BCUT2D eigenvalue weighted by atomic mass is 19.1. The van der Waals surface area contributed by atoms with Crippen molar-refractivity contribution in [1.29, 1.82) is 0 Å². The van der Waals surface area contributed by atoms with Crippen LogP contribution in [-0.2, 0) is 11.2 Å². The summed E-state index contributed by atoms with van der Waals surface area (Å²) < 4.78 is 14.3. The summed E-state index contributed by atoms with van der Waals surface area (Å²) in [4.78, 5) is 18.8. The summed E-state index contributed by atoms with van der Waals surface area (Å²) in [6, 6.07) is 8.88. The Morgan fingerprint density at radius 3 is 2.60 bits per heavy atom. The van der Waals surface area contributed by atoms with E-state index in [0.717, 1.165) is 32.1 Å². The molecule has 5 rings (SSSR count). The van der Waals surface area contributed by atoms with Crippen molar-refractivity contribution in [2.45, 2.75) is 62.7 Å². The van der Waals surface area contributed by atoms with Crippen molar-refractivity contribution < 1.29 is 9.18 Å². The number of piperidine rings is 1. The molecule has 1 amide bonds. The highest BCUT2D eigenvalue weighted by Crippen LogP contribution is 2.47. The van der Waals surface area contributed by atoms with E-state index in [4.69, 9.17) is 0 Å². The van der Waals surface area contributed by atoms with Gasteiger partial charge in [-0.1, -0.05) is 24.3 Å². The maximum absolute atomic E-state index is 14.3. The molecule has 0 radical (unpaired) electrons. The van der Waals surface area contributed by atoms with Crippen molar-refractivity contribution in [2.75, 3.05) is 0 Å². The van der Waals surface area contributed by atoms with E-state index in [1.54, 1.807) is 0 Å². The molecule has 2 aliphatic heterocycles. The third kappa shape index (κ3) is 2.54. The van der Waals surface area contributed by atoms with Crippen molar-refractivity contribution in [3.63, 3.8) is 0 Å². The number of rotatable bonds is 3. The molecule has 130 valence electrons. The van der Waals surface area contributed by atoms with Crippen LogP contribution < -0.4 is 0 Å². The Kier molecular flexibility index (Phi) is 3.37. The summed E-state index contributed by atoms with van der Waals surface area (Å²) in [6.45, 7) is 0. The van der Waals surface area contributed by atoms with Gasteiger partial charge in [-0.25, -0.2) is 4.39 Å². The van der Waals surface area contributed by atoms with Crippen molar-refractivity contribution in [3.8, 4) is 0 Å². The van der Waals surface area contributed by atoms with Crippen molar-refractivity contribution in [1.82, 2.24) is 9.88 Å². The SMILES string of the molecule is O=C(N1C2CCC1CC(Cc1cncc3ccccc13)C2)C1(F)CC1. The zero-order valence-corrected chi connectivity index (χ0v) is 14.3. The zero-order chi connectivity index (χ0) is 17.0. The van der Waals surface area contributed by atoms with Gasteiger partial charge in [0.15, 0.2) is 5.67 Å². The maximum Gasteiger partial charge on any atom is 0.260 e. The number of carbonyl (C=O) groups is 1. The molecular weight excluding hydrogens is 315 g/mol. The Hall–Kier alpha value is -1.97. The number of hydrogen-bond acceptors (Lipinski definition) is 2. The summed E-state index contributed by atoms with van der Waals surface area (Å²) in [6.07, 6.45) is 9.84. The van der Waals surface area contributed by atoms with Crippen LogP contribution in [0.5, 0.6) is 0 Å². The van der Waals surface area contributed by atoms with Crippen LogP contribution >= 0.6 is 0 Å². The molecule has 0 spiro atoms. The van der Waals surface area contributed by atoms with E-state index in [9.17, 15) is 9.18 Å². The predicted molar refractivity (Wildman–Crippen MR) is 94.9 cm³/mol. The molecule has 3 fully saturated rings. The molecule has 0 N–H and O–H groups in total. The monoisotopic (exact) mass is 338 g/mol. The Bertz CT molecular complexity index is 812. The second-order valence-corrected chi connectivity index (χ2v) is 8.12. The number of pyridine rings is 1. The van der Waals surface area contributed by atoms with E-state index in [1.165, 1.54) is 16.3 Å². The minimum Gasteiger partial charge on any atom is -0.334 e. The molecule has 2 saturated heterocycles. The molecular formula is C21H23FN2O. The van der Waals surface area contributed by atoms with Crippen LogP contribution in [0, 0.1) is 5.92 Å². The number of benzene rings is 1. The molecule has 3 aliphatic rings. The Balaban J connectivity index is 1.35. The molecule has 3 heterocycles. The van der Waals surface area contributed by atoms with Gasteiger partial charge in [-0.15, -0.1) is 0 Å². The first-order valence-electron chi connectivity index (χ1n) is 9.47. The van der Waals surface area contributed by atoms with Crippen molar-refractivity contribution in [3.05, 3.63) is 42.2 Å². The lowest BCUT2D eigenvalue weighted by Crippen LogP contribution is -2.50. The number of carbonyl (C=O) groups excluding carboxylic acids is 1. The first kappa shape index (κ1) is 15.3. The van der Waals surface area contributed by atoms with Crippen molar-refractivity contribution >= 4 is 16.7 Å². The summed E-state index contributed by atoms with van der Waals surface area (Å²) in [5, 5.41) is 2.47. The molecule has 1 saturated carbocycles. The highest BCUT2D eigenvalue weighted by molar-refractivity contribution is 5.89. The molecule has 1 aromatic carbocycles. The normalized spacial score (nSPS) is 29.8. The number of fused-ring (bicyclic) bond motifs is 3. The largest absolute Gasteiger partial charge is 0.334 e. The third-order valence-electron chi connectivity index (χ3n) is 6.40. The molecule has 3 nitrogen and oxygen atoms in total. The van der Waals surface area contributed by atoms with Gasteiger partial charge in [-0.2, -0.15) is 0 Å². The van der Waals surface area contributed by atoms with Crippen LogP contribution in [0.25, 0.3) is 10.8 Å². The topological polar surface area (TPSA) is 33.2 Å². The van der Waals surface area contributed by atoms with Crippen LogP contribution in [0.3, 0.4) is 0 Å². The number of alkyl halides is 1. The van der Waals surface area contributed by atoms with Crippen molar-refractivity contribution in [2.24, 2.45) is 5.92 Å². The summed E-state index contributed by atoms with van der Waals surface area (Å²) >= 11 is 0. The fraction of sp³-hybridized carbons (Fsp3) is 0.524. The molecule has 2 atom stereocenters. The van der Waals surface area contributed by atoms with Crippen LogP contribution in [0.15, 0.2) is 36.7 Å². The van der Waals surface area contributed by atoms with Gasteiger partial charge in [0, 0.05) is 29.9 Å². The van der Waals surface area contributed by atoms with Gasteiger partial charge >= 0.3 is 0 Å². The van der Waals surface area contributed by atoms with Crippen LogP contribution in [0.4, 0.5) is 4.39 Å². The van der Waals surface area contributed by atoms with E-state index < -0.39 is 5.67 Å². The lowest BCUT2D eigenvalue weighted by Gasteiger charge is -2.40. The average Bonchev–Trinajstić information content (AvgIpc) is 3.32. The van der Waals surface area contributed by atoms with Crippen LogP contribution in [0.2, 0.25) is 0 Å².